The van der Waals surface area contributed by atoms with E-state index in [1.54, 1.807) is 25.1 Å². The van der Waals surface area contributed by atoms with Crippen LogP contribution in [-0.2, 0) is 4.79 Å². The van der Waals surface area contributed by atoms with Crippen molar-refractivity contribution in [1.29, 1.82) is 0 Å². The molecule has 0 fully saturated rings. The molecule has 3 rings (SSSR count). The Morgan fingerprint density at radius 2 is 1.80 bits per heavy atom. The van der Waals surface area contributed by atoms with Gasteiger partial charge in [0.05, 0.1) is 5.25 Å². The van der Waals surface area contributed by atoms with Crippen LogP contribution in [0.25, 0.3) is 11.5 Å². The van der Waals surface area contributed by atoms with Gasteiger partial charge in [0.15, 0.2) is 0 Å². The molecule has 128 valence electrons. The first kappa shape index (κ1) is 17.8. The van der Waals surface area contributed by atoms with Crippen molar-refractivity contribution < 1.29 is 9.21 Å². The van der Waals surface area contributed by atoms with E-state index in [4.69, 9.17) is 27.6 Å². The largest absolute Gasteiger partial charge is 0.411 e. The lowest BCUT2D eigenvalue weighted by molar-refractivity contribution is -0.115. The molecule has 0 aliphatic carbocycles. The molecule has 0 aliphatic rings. The topological polar surface area (TPSA) is 68.0 Å². The van der Waals surface area contributed by atoms with Gasteiger partial charge in [-0.25, -0.2) is 0 Å². The van der Waals surface area contributed by atoms with Gasteiger partial charge in [-0.1, -0.05) is 53.2 Å². The Hall–Kier alpha value is -2.02. The van der Waals surface area contributed by atoms with Crippen LogP contribution >= 0.6 is 35.0 Å². The maximum atomic E-state index is 12.3. The van der Waals surface area contributed by atoms with E-state index in [-0.39, 0.29) is 5.91 Å². The maximum Gasteiger partial charge on any atom is 0.277 e. The highest BCUT2D eigenvalue weighted by Gasteiger charge is 2.19. The van der Waals surface area contributed by atoms with Gasteiger partial charge in [0.1, 0.15) is 0 Å². The summed E-state index contributed by atoms with van der Waals surface area (Å²) < 4.78 is 5.60. The summed E-state index contributed by atoms with van der Waals surface area (Å²) in [6, 6.07) is 14.3. The van der Waals surface area contributed by atoms with E-state index in [2.05, 4.69) is 15.5 Å². The Kier molecular flexibility index (Phi) is 5.63. The molecule has 1 N–H and O–H groups in total. The molecular formula is C17H13Cl2N3O2S. The van der Waals surface area contributed by atoms with Crippen LogP contribution in [0.4, 0.5) is 5.69 Å². The molecule has 1 amide bonds. The van der Waals surface area contributed by atoms with Crippen molar-refractivity contribution >= 4 is 46.6 Å². The molecule has 1 atom stereocenters. The van der Waals surface area contributed by atoms with Crippen LogP contribution in [0.3, 0.4) is 0 Å². The van der Waals surface area contributed by atoms with Gasteiger partial charge in [0.25, 0.3) is 5.22 Å². The maximum absolute atomic E-state index is 12.3. The molecule has 8 heteroatoms. The SMILES string of the molecule is C[C@H](Sc1nnc(-c2ccccc2)o1)C(=O)Nc1cc(Cl)cc(Cl)c1. The number of hydrogen-bond donors (Lipinski definition) is 1. The average molecular weight is 394 g/mol. The summed E-state index contributed by atoms with van der Waals surface area (Å²) in [6.45, 7) is 1.75. The number of hydrogen-bond acceptors (Lipinski definition) is 5. The van der Waals surface area contributed by atoms with Gasteiger partial charge in [0, 0.05) is 21.3 Å². The Morgan fingerprint density at radius 3 is 2.48 bits per heavy atom. The number of aromatic nitrogens is 2. The predicted octanol–water partition coefficient (Wildman–Crippen LogP) is 5.16. The quantitative estimate of drug-likeness (QED) is 0.606. The summed E-state index contributed by atoms with van der Waals surface area (Å²) in [5.41, 5.74) is 1.36. The number of carbonyl (C=O) groups excluding carboxylic acids is 1. The summed E-state index contributed by atoms with van der Waals surface area (Å²) in [5, 5.41) is 11.5. The van der Waals surface area contributed by atoms with Gasteiger partial charge in [-0.05, 0) is 37.3 Å². The molecule has 0 bridgehead atoms. The summed E-state index contributed by atoms with van der Waals surface area (Å²) in [4.78, 5) is 12.3. The highest BCUT2D eigenvalue weighted by molar-refractivity contribution is 8.00. The Morgan fingerprint density at radius 1 is 1.12 bits per heavy atom. The van der Waals surface area contributed by atoms with Crippen molar-refractivity contribution in [3.8, 4) is 11.5 Å². The minimum absolute atomic E-state index is 0.220. The molecule has 0 aliphatic heterocycles. The summed E-state index contributed by atoms with van der Waals surface area (Å²) in [5.74, 6) is 0.195. The third kappa shape index (κ3) is 4.75. The summed E-state index contributed by atoms with van der Waals surface area (Å²) in [6.07, 6.45) is 0. The van der Waals surface area contributed by atoms with Crippen molar-refractivity contribution in [3.63, 3.8) is 0 Å². The third-order valence-corrected chi connectivity index (χ3v) is 4.57. The van der Waals surface area contributed by atoms with E-state index in [9.17, 15) is 4.79 Å². The van der Waals surface area contributed by atoms with Gasteiger partial charge < -0.3 is 9.73 Å². The van der Waals surface area contributed by atoms with E-state index in [1.807, 2.05) is 30.3 Å². The van der Waals surface area contributed by atoms with Crippen LogP contribution in [0.1, 0.15) is 6.92 Å². The Bertz CT molecular complexity index is 866. The smallest absolute Gasteiger partial charge is 0.277 e. The first-order chi connectivity index (χ1) is 12.0. The number of carbonyl (C=O) groups is 1. The summed E-state index contributed by atoms with van der Waals surface area (Å²) >= 11 is 13.0. The first-order valence-corrected chi connectivity index (χ1v) is 8.97. The van der Waals surface area contributed by atoms with Crippen LogP contribution in [0, 0.1) is 0 Å². The van der Waals surface area contributed by atoms with Gasteiger partial charge in [-0.15, -0.1) is 10.2 Å². The number of benzene rings is 2. The van der Waals surface area contributed by atoms with Crippen molar-refractivity contribution in [1.82, 2.24) is 10.2 Å². The molecular weight excluding hydrogens is 381 g/mol. The number of anilines is 1. The molecule has 1 heterocycles. The zero-order valence-electron chi connectivity index (χ0n) is 13.1. The van der Waals surface area contributed by atoms with E-state index in [1.165, 1.54) is 11.8 Å². The van der Waals surface area contributed by atoms with Crippen molar-refractivity contribution in [2.45, 2.75) is 17.4 Å². The number of halogens is 2. The molecule has 1 aromatic heterocycles. The second-order valence-corrected chi connectivity index (χ2v) is 7.31. The first-order valence-electron chi connectivity index (χ1n) is 7.34. The number of nitrogens with zero attached hydrogens (tertiary/aromatic N) is 2. The van der Waals surface area contributed by atoms with Crippen molar-refractivity contribution in [3.05, 3.63) is 58.6 Å². The molecule has 0 saturated heterocycles. The molecule has 2 aromatic carbocycles. The third-order valence-electron chi connectivity index (χ3n) is 3.20. The zero-order valence-corrected chi connectivity index (χ0v) is 15.4. The second-order valence-electron chi connectivity index (χ2n) is 5.15. The zero-order chi connectivity index (χ0) is 17.8. The second kappa shape index (κ2) is 7.91. The predicted molar refractivity (Wildman–Crippen MR) is 100 cm³/mol. The van der Waals surface area contributed by atoms with Gasteiger partial charge in [0.2, 0.25) is 11.8 Å². The highest BCUT2D eigenvalue weighted by atomic mass is 35.5. The average Bonchev–Trinajstić information content (AvgIpc) is 3.03. The molecule has 0 saturated carbocycles. The van der Waals surface area contributed by atoms with Crippen LogP contribution in [0.5, 0.6) is 0 Å². The van der Waals surface area contributed by atoms with Crippen LogP contribution in [0.15, 0.2) is 58.2 Å². The Balaban J connectivity index is 1.64. The lowest BCUT2D eigenvalue weighted by Crippen LogP contribution is -2.22. The monoisotopic (exact) mass is 393 g/mol. The fraction of sp³-hybridized carbons (Fsp3) is 0.118. The van der Waals surface area contributed by atoms with Gasteiger partial charge >= 0.3 is 0 Å². The Labute approximate surface area is 158 Å². The summed E-state index contributed by atoms with van der Waals surface area (Å²) in [7, 11) is 0. The lowest BCUT2D eigenvalue weighted by Gasteiger charge is -2.10. The fourth-order valence-corrected chi connectivity index (χ4v) is 3.24. The number of amides is 1. The standard InChI is InChI=1S/C17H13Cl2N3O2S/c1-10(15(23)20-14-8-12(18)7-13(19)9-14)25-17-22-21-16(24-17)11-5-3-2-4-6-11/h2-10H,1H3,(H,20,23)/t10-/m0/s1. The van der Waals surface area contributed by atoms with E-state index >= 15 is 0 Å². The fourth-order valence-electron chi connectivity index (χ4n) is 2.03. The van der Waals surface area contributed by atoms with Crippen LogP contribution in [-0.4, -0.2) is 21.4 Å². The molecule has 0 radical (unpaired) electrons. The lowest BCUT2D eigenvalue weighted by atomic mass is 10.2. The normalized spacial score (nSPS) is 12.0. The molecule has 0 unspecified atom stereocenters. The van der Waals surface area contributed by atoms with E-state index in [0.29, 0.717) is 26.8 Å². The molecule has 3 aromatic rings. The van der Waals surface area contributed by atoms with Crippen LogP contribution < -0.4 is 5.32 Å². The van der Waals surface area contributed by atoms with Crippen molar-refractivity contribution in [2.75, 3.05) is 5.32 Å². The van der Waals surface area contributed by atoms with Crippen molar-refractivity contribution in [2.24, 2.45) is 0 Å². The number of rotatable bonds is 5. The molecule has 5 nitrogen and oxygen atoms in total. The van der Waals surface area contributed by atoms with Crippen LogP contribution in [0.2, 0.25) is 10.0 Å². The molecule has 0 spiro atoms. The van der Waals surface area contributed by atoms with E-state index < -0.39 is 5.25 Å². The number of thioether (sulfide) groups is 1. The minimum Gasteiger partial charge on any atom is -0.411 e. The minimum atomic E-state index is -0.443. The van der Waals surface area contributed by atoms with E-state index in [0.717, 1.165) is 5.56 Å². The number of nitrogens with one attached hydrogen (secondary N) is 1. The highest BCUT2D eigenvalue weighted by Crippen LogP contribution is 2.27. The molecule has 25 heavy (non-hydrogen) atoms. The van der Waals surface area contributed by atoms with Gasteiger partial charge in [-0.2, -0.15) is 0 Å². The van der Waals surface area contributed by atoms with Gasteiger partial charge in [-0.3, -0.25) is 4.79 Å².